The standard InChI is InChI=1S/C19H18F5N/c1-3-17(4-2)16(18(17,20)21)15-7-5-6-14(25-15)12-8-10-13(11-9-12)19(22,23)24/h5-11,16H,3-4H2,1-2H3/t16-/m0/s1. The highest BCUT2D eigenvalue weighted by atomic mass is 19.4. The first-order valence-corrected chi connectivity index (χ1v) is 8.19. The molecule has 1 saturated carbocycles. The molecule has 0 bridgehead atoms. The van der Waals surface area contributed by atoms with Gasteiger partial charge >= 0.3 is 6.18 Å². The number of benzene rings is 1. The van der Waals surface area contributed by atoms with Crippen LogP contribution in [0.3, 0.4) is 0 Å². The fraction of sp³-hybridized carbons (Fsp3) is 0.421. The van der Waals surface area contributed by atoms with Crippen molar-refractivity contribution < 1.29 is 22.0 Å². The molecule has 0 radical (unpaired) electrons. The molecule has 2 aromatic rings. The molecule has 1 nitrogen and oxygen atoms in total. The highest BCUT2D eigenvalue weighted by Crippen LogP contribution is 2.74. The van der Waals surface area contributed by atoms with Gasteiger partial charge in [-0.15, -0.1) is 0 Å². The molecular weight excluding hydrogens is 337 g/mol. The summed E-state index contributed by atoms with van der Waals surface area (Å²) in [4.78, 5) is 4.32. The van der Waals surface area contributed by atoms with Crippen LogP contribution in [0.5, 0.6) is 0 Å². The maximum atomic E-state index is 14.4. The van der Waals surface area contributed by atoms with Crippen LogP contribution in [0.2, 0.25) is 0 Å². The maximum absolute atomic E-state index is 14.4. The van der Waals surface area contributed by atoms with E-state index in [4.69, 9.17) is 0 Å². The summed E-state index contributed by atoms with van der Waals surface area (Å²) in [5, 5.41) is 0. The molecule has 0 aliphatic heterocycles. The van der Waals surface area contributed by atoms with E-state index in [1.807, 2.05) is 0 Å². The third-order valence-corrected chi connectivity index (χ3v) is 5.33. The number of hydrogen-bond acceptors (Lipinski definition) is 1. The second kappa shape index (κ2) is 5.78. The third-order valence-electron chi connectivity index (χ3n) is 5.33. The van der Waals surface area contributed by atoms with Crippen molar-refractivity contribution in [3.63, 3.8) is 0 Å². The molecule has 6 heteroatoms. The number of halogens is 5. The average molecular weight is 355 g/mol. The van der Waals surface area contributed by atoms with Gasteiger partial charge in [0.25, 0.3) is 5.92 Å². The largest absolute Gasteiger partial charge is 0.416 e. The van der Waals surface area contributed by atoms with Crippen LogP contribution < -0.4 is 0 Å². The number of aromatic nitrogens is 1. The van der Waals surface area contributed by atoms with Crippen LogP contribution in [0.1, 0.15) is 43.9 Å². The second-order valence-electron chi connectivity index (χ2n) is 6.44. The summed E-state index contributed by atoms with van der Waals surface area (Å²) in [5.74, 6) is -3.74. The molecule has 25 heavy (non-hydrogen) atoms. The fourth-order valence-electron chi connectivity index (χ4n) is 3.71. The van der Waals surface area contributed by atoms with Gasteiger partial charge in [0.2, 0.25) is 0 Å². The lowest BCUT2D eigenvalue weighted by atomic mass is 9.95. The summed E-state index contributed by atoms with van der Waals surface area (Å²) in [6, 6.07) is 9.38. The Labute approximate surface area is 142 Å². The van der Waals surface area contributed by atoms with E-state index in [1.54, 1.807) is 32.0 Å². The van der Waals surface area contributed by atoms with Crippen LogP contribution in [0.15, 0.2) is 42.5 Å². The molecule has 1 aliphatic rings. The van der Waals surface area contributed by atoms with Crippen molar-refractivity contribution in [2.24, 2.45) is 5.41 Å². The monoisotopic (exact) mass is 355 g/mol. The molecule has 0 spiro atoms. The van der Waals surface area contributed by atoms with Crippen LogP contribution in [0, 0.1) is 5.41 Å². The average Bonchev–Trinajstić information content (AvgIpc) is 3.10. The van der Waals surface area contributed by atoms with Crippen molar-refractivity contribution in [3.8, 4) is 11.3 Å². The predicted octanol–water partition coefficient (Wildman–Crippen LogP) is 6.31. The Morgan fingerprint density at radius 2 is 1.56 bits per heavy atom. The SMILES string of the molecule is CCC1(CC)[C@H](c2cccc(-c3ccc(C(F)(F)F)cc3)n2)C1(F)F. The molecule has 0 N–H and O–H groups in total. The quantitative estimate of drug-likeness (QED) is 0.586. The first-order chi connectivity index (χ1) is 11.7. The molecule has 1 fully saturated rings. The number of pyridine rings is 1. The van der Waals surface area contributed by atoms with E-state index in [9.17, 15) is 22.0 Å². The van der Waals surface area contributed by atoms with Crippen molar-refractivity contribution in [1.29, 1.82) is 0 Å². The lowest BCUT2D eigenvalue weighted by molar-refractivity contribution is -0.137. The van der Waals surface area contributed by atoms with E-state index in [2.05, 4.69) is 4.98 Å². The minimum absolute atomic E-state index is 0.297. The Bertz CT molecular complexity index is 760. The van der Waals surface area contributed by atoms with Crippen LogP contribution >= 0.6 is 0 Å². The van der Waals surface area contributed by atoms with Gasteiger partial charge in [-0.3, -0.25) is 4.98 Å². The van der Waals surface area contributed by atoms with Crippen molar-refractivity contribution in [3.05, 3.63) is 53.7 Å². The Morgan fingerprint density at radius 3 is 2.04 bits per heavy atom. The smallest absolute Gasteiger partial charge is 0.252 e. The van der Waals surface area contributed by atoms with Crippen molar-refractivity contribution >= 4 is 0 Å². The van der Waals surface area contributed by atoms with Crippen LogP contribution in [0.25, 0.3) is 11.3 Å². The number of hydrogen-bond donors (Lipinski definition) is 0. The van der Waals surface area contributed by atoms with E-state index in [-0.39, 0.29) is 0 Å². The normalized spacial score (nSPS) is 21.2. The molecule has 1 atom stereocenters. The molecule has 0 unspecified atom stereocenters. The Morgan fingerprint density at radius 1 is 0.960 bits per heavy atom. The number of nitrogens with zero attached hydrogens (tertiary/aromatic N) is 1. The van der Waals surface area contributed by atoms with Crippen molar-refractivity contribution in [2.45, 2.75) is 44.7 Å². The summed E-state index contributed by atoms with van der Waals surface area (Å²) < 4.78 is 66.7. The third kappa shape index (κ3) is 2.71. The lowest BCUT2D eigenvalue weighted by Gasteiger charge is -2.11. The lowest BCUT2D eigenvalue weighted by Crippen LogP contribution is -2.07. The summed E-state index contributed by atoms with van der Waals surface area (Å²) in [6.45, 7) is 3.49. The van der Waals surface area contributed by atoms with Crippen LogP contribution in [-0.4, -0.2) is 10.9 Å². The van der Waals surface area contributed by atoms with E-state index >= 15 is 0 Å². The highest BCUT2D eigenvalue weighted by Gasteiger charge is 2.79. The zero-order valence-electron chi connectivity index (χ0n) is 13.9. The van der Waals surface area contributed by atoms with E-state index in [1.165, 1.54) is 12.1 Å². The molecule has 134 valence electrons. The molecule has 0 amide bonds. The van der Waals surface area contributed by atoms with Crippen LogP contribution in [-0.2, 0) is 6.18 Å². The minimum Gasteiger partial charge on any atom is -0.252 e. The van der Waals surface area contributed by atoms with Gasteiger partial charge in [0.15, 0.2) is 0 Å². The zero-order valence-corrected chi connectivity index (χ0v) is 13.9. The summed E-state index contributed by atoms with van der Waals surface area (Å²) in [6.07, 6.45) is -3.70. The Balaban J connectivity index is 1.93. The first kappa shape index (κ1) is 17.8. The topological polar surface area (TPSA) is 12.9 Å². The molecule has 1 aliphatic carbocycles. The Hall–Kier alpha value is -1.98. The maximum Gasteiger partial charge on any atom is 0.416 e. The van der Waals surface area contributed by atoms with Gasteiger partial charge in [0, 0.05) is 11.0 Å². The number of rotatable bonds is 4. The van der Waals surface area contributed by atoms with Crippen molar-refractivity contribution in [1.82, 2.24) is 4.98 Å². The van der Waals surface area contributed by atoms with E-state index < -0.39 is 29.0 Å². The first-order valence-electron chi connectivity index (χ1n) is 8.19. The Kier molecular flexibility index (Phi) is 4.12. The van der Waals surface area contributed by atoms with Gasteiger partial charge in [-0.25, -0.2) is 8.78 Å². The summed E-state index contributed by atoms with van der Waals surface area (Å²) in [7, 11) is 0. The molecular formula is C19H18F5N. The molecule has 3 rings (SSSR count). The summed E-state index contributed by atoms with van der Waals surface area (Å²) >= 11 is 0. The highest BCUT2D eigenvalue weighted by molar-refractivity contribution is 5.60. The fourth-order valence-corrected chi connectivity index (χ4v) is 3.71. The zero-order chi connectivity index (χ0) is 18.5. The van der Waals surface area contributed by atoms with Crippen LogP contribution in [0.4, 0.5) is 22.0 Å². The summed E-state index contributed by atoms with van der Waals surface area (Å²) in [5.41, 5.74) is -0.658. The molecule has 1 aromatic carbocycles. The second-order valence-corrected chi connectivity index (χ2v) is 6.44. The predicted molar refractivity (Wildman–Crippen MR) is 85.4 cm³/mol. The van der Waals surface area contributed by atoms with Gasteiger partial charge < -0.3 is 0 Å². The molecule has 1 heterocycles. The van der Waals surface area contributed by atoms with E-state index in [0.29, 0.717) is 29.8 Å². The van der Waals surface area contributed by atoms with E-state index in [0.717, 1.165) is 12.1 Å². The van der Waals surface area contributed by atoms with Crippen molar-refractivity contribution in [2.75, 3.05) is 0 Å². The van der Waals surface area contributed by atoms with Gasteiger partial charge in [0.1, 0.15) is 0 Å². The van der Waals surface area contributed by atoms with Gasteiger partial charge in [-0.1, -0.05) is 32.0 Å². The number of alkyl halides is 5. The minimum atomic E-state index is -4.41. The van der Waals surface area contributed by atoms with Gasteiger partial charge in [-0.05, 0) is 37.1 Å². The molecule has 0 saturated heterocycles. The van der Waals surface area contributed by atoms with Gasteiger partial charge in [-0.2, -0.15) is 13.2 Å². The van der Waals surface area contributed by atoms with Gasteiger partial charge in [0.05, 0.1) is 22.9 Å². The molecule has 1 aromatic heterocycles.